The Morgan fingerprint density at radius 3 is 2.74 bits per heavy atom. The molecule has 1 aliphatic heterocycles. The van der Waals surface area contributed by atoms with E-state index in [-0.39, 0.29) is 18.1 Å². The molecule has 0 bridgehead atoms. The van der Waals surface area contributed by atoms with Crippen LogP contribution < -0.4 is 0 Å². The van der Waals surface area contributed by atoms with E-state index in [2.05, 4.69) is 4.98 Å². The summed E-state index contributed by atoms with van der Waals surface area (Å²) in [4.78, 5) is 31.0. The highest BCUT2D eigenvalue weighted by atomic mass is 16.6. The highest BCUT2D eigenvalue weighted by Crippen LogP contribution is 2.40. The number of rotatable bonds is 2. The summed E-state index contributed by atoms with van der Waals surface area (Å²) in [6.07, 6.45) is 4.85. The molecule has 1 saturated carbocycles. The fourth-order valence-corrected chi connectivity index (χ4v) is 4.07. The van der Waals surface area contributed by atoms with Gasteiger partial charge in [0, 0.05) is 31.4 Å². The van der Waals surface area contributed by atoms with Crippen LogP contribution in [0.3, 0.4) is 0 Å². The van der Waals surface area contributed by atoms with Crippen LogP contribution in [0.25, 0.3) is 5.65 Å². The van der Waals surface area contributed by atoms with Gasteiger partial charge in [-0.15, -0.1) is 0 Å². The number of hydrogen-bond donors (Lipinski definition) is 0. The van der Waals surface area contributed by atoms with Crippen molar-refractivity contribution < 1.29 is 19.1 Å². The minimum absolute atomic E-state index is 0.165. The summed E-state index contributed by atoms with van der Waals surface area (Å²) in [6, 6.07) is 5.61. The predicted octanol–water partition coefficient (Wildman–Crippen LogP) is 3.14. The molecule has 1 aliphatic carbocycles. The van der Waals surface area contributed by atoms with Gasteiger partial charge in [-0.2, -0.15) is 0 Å². The second-order valence-corrected chi connectivity index (χ2v) is 8.42. The molecule has 1 amide bonds. The molecule has 3 heterocycles. The number of aromatic nitrogens is 2. The zero-order valence-electron chi connectivity index (χ0n) is 15.9. The lowest BCUT2D eigenvalue weighted by Gasteiger charge is -2.25. The molecule has 7 nitrogen and oxygen atoms in total. The van der Waals surface area contributed by atoms with Crippen molar-refractivity contribution in [3.05, 3.63) is 36.3 Å². The molecule has 2 fully saturated rings. The molecule has 7 heteroatoms. The van der Waals surface area contributed by atoms with Gasteiger partial charge in [-0.05, 0) is 51.7 Å². The number of fused-ring (bicyclic) bond motifs is 2. The minimum Gasteiger partial charge on any atom is -0.457 e. The zero-order chi connectivity index (χ0) is 19.2. The van der Waals surface area contributed by atoms with Crippen molar-refractivity contribution in [1.29, 1.82) is 0 Å². The van der Waals surface area contributed by atoms with Gasteiger partial charge in [-0.3, -0.25) is 0 Å². The summed E-state index contributed by atoms with van der Waals surface area (Å²) in [5.41, 5.74) is 0.515. The number of likely N-dealkylation sites (tertiary alicyclic amines) is 1. The number of carbonyl (C=O) groups excluding carboxylic acids is 2. The lowest BCUT2D eigenvalue weighted by Crippen LogP contribution is -2.37. The van der Waals surface area contributed by atoms with E-state index in [1.54, 1.807) is 15.5 Å². The average molecular weight is 371 g/mol. The Morgan fingerprint density at radius 1 is 1.19 bits per heavy atom. The van der Waals surface area contributed by atoms with Gasteiger partial charge in [0.2, 0.25) is 0 Å². The van der Waals surface area contributed by atoms with Gasteiger partial charge >= 0.3 is 12.1 Å². The van der Waals surface area contributed by atoms with Crippen molar-refractivity contribution in [2.45, 2.75) is 45.3 Å². The molecular weight excluding hydrogens is 346 g/mol. The van der Waals surface area contributed by atoms with Crippen molar-refractivity contribution in [2.75, 3.05) is 13.1 Å². The first-order valence-electron chi connectivity index (χ1n) is 9.43. The molecular formula is C20H25N3O4. The third-order valence-corrected chi connectivity index (χ3v) is 5.27. The standard InChI is InChI=1S/C20H25N3O4/c1-20(2,3)27-19(25)23-10-13-7-8-16(14(13)11-23)26-18(24)15-12-22-9-5-4-6-17(22)21-15/h4-6,9,12-14,16H,7-8,10-11H2,1-3H3/t13-,14+,16-/m0/s1. The quantitative estimate of drug-likeness (QED) is 0.759. The van der Waals surface area contributed by atoms with Crippen molar-refractivity contribution in [2.24, 2.45) is 11.8 Å². The Bertz CT molecular complexity index is 836. The molecule has 4 rings (SSSR count). The second kappa shape index (κ2) is 6.55. The maximum absolute atomic E-state index is 12.6. The number of amides is 1. The topological polar surface area (TPSA) is 73.1 Å². The van der Waals surface area contributed by atoms with Crippen molar-refractivity contribution in [1.82, 2.24) is 14.3 Å². The SMILES string of the molecule is CC(C)(C)OC(=O)N1C[C@@H]2CC[C@H](OC(=O)c3cn4ccccc4n3)[C@@H]2C1. The first-order chi connectivity index (χ1) is 12.8. The summed E-state index contributed by atoms with van der Waals surface area (Å²) < 4.78 is 13.0. The van der Waals surface area contributed by atoms with Gasteiger partial charge in [-0.1, -0.05) is 6.07 Å². The number of esters is 1. The maximum atomic E-state index is 12.6. The zero-order valence-corrected chi connectivity index (χ0v) is 15.9. The fraction of sp³-hybridized carbons (Fsp3) is 0.550. The van der Waals surface area contributed by atoms with Crippen LogP contribution in [0.1, 0.15) is 44.1 Å². The Morgan fingerprint density at radius 2 is 2.00 bits per heavy atom. The van der Waals surface area contributed by atoms with E-state index in [1.807, 2.05) is 45.2 Å². The van der Waals surface area contributed by atoms with E-state index in [0.29, 0.717) is 30.3 Å². The lowest BCUT2D eigenvalue weighted by molar-refractivity contribution is 0.0149. The van der Waals surface area contributed by atoms with Crippen LogP contribution in [0, 0.1) is 11.8 Å². The maximum Gasteiger partial charge on any atom is 0.410 e. The first kappa shape index (κ1) is 17.8. The van der Waals surface area contributed by atoms with Gasteiger partial charge in [0.15, 0.2) is 5.69 Å². The van der Waals surface area contributed by atoms with Crippen LogP contribution in [-0.4, -0.2) is 51.1 Å². The molecule has 144 valence electrons. The summed E-state index contributed by atoms with van der Waals surface area (Å²) in [7, 11) is 0. The highest BCUT2D eigenvalue weighted by molar-refractivity contribution is 5.88. The lowest BCUT2D eigenvalue weighted by atomic mass is 9.99. The molecule has 2 aromatic rings. The van der Waals surface area contributed by atoms with Crippen LogP contribution in [0.15, 0.2) is 30.6 Å². The van der Waals surface area contributed by atoms with E-state index >= 15 is 0 Å². The van der Waals surface area contributed by atoms with Crippen LogP contribution in [0.5, 0.6) is 0 Å². The van der Waals surface area contributed by atoms with E-state index < -0.39 is 11.6 Å². The fourth-order valence-electron chi connectivity index (χ4n) is 4.07. The summed E-state index contributed by atoms with van der Waals surface area (Å²) >= 11 is 0. The number of ether oxygens (including phenoxy) is 2. The molecule has 1 saturated heterocycles. The van der Waals surface area contributed by atoms with Gasteiger partial charge in [0.25, 0.3) is 0 Å². The first-order valence-corrected chi connectivity index (χ1v) is 9.43. The van der Waals surface area contributed by atoms with E-state index in [4.69, 9.17) is 9.47 Å². The molecule has 0 radical (unpaired) electrons. The third kappa shape index (κ3) is 3.63. The molecule has 3 atom stereocenters. The highest BCUT2D eigenvalue weighted by Gasteiger charge is 2.46. The number of imidazole rings is 1. The third-order valence-electron chi connectivity index (χ3n) is 5.27. The number of pyridine rings is 1. The Hall–Kier alpha value is -2.57. The number of carbonyl (C=O) groups is 2. The van der Waals surface area contributed by atoms with Crippen LogP contribution in [0.2, 0.25) is 0 Å². The normalized spacial score (nSPS) is 24.9. The minimum atomic E-state index is -0.510. The molecule has 0 spiro atoms. The second-order valence-electron chi connectivity index (χ2n) is 8.42. The van der Waals surface area contributed by atoms with Crippen molar-refractivity contribution in [3.63, 3.8) is 0 Å². The average Bonchev–Trinajstić information content (AvgIpc) is 3.27. The number of hydrogen-bond acceptors (Lipinski definition) is 5. The van der Waals surface area contributed by atoms with Gasteiger partial charge in [0.1, 0.15) is 17.4 Å². The molecule has 2 aromatic heterocycles. The summed E-state index contributed by atoms with van der Waals surface area (Å²) in [5.74, 6) is 0.120. The molecule has 27 heavy (non-hydrogen) atoms. The monoisotopic (exact) mass is 371 g/mol. The van der Waals surface area contributed by atoms with Gasteiger partial charge in [-0.25, -0.2) is 14.6 Å². The molecule has 2 aliphatic rings. The summed E-state index contributed by atoms with van der Waals surface area (Å²) in [6.45, 7) is 6.83. The van der Waals surface area contributed by atoms with Gasteiger partial charge < -0.3 is 18.8 Å². The van der Waals surface area contributed by atoms with Crippen LogP contribution in [-0.2, 0) is 9.47 Å². The Kier molecular flexibility index (Phi) is 4.32. The summed E-state index contributed by atoms with van der Waals surface area (Å²) in [5, 5.41) is 0. The van der Waals surface area contributed by atoms with Gasteiger partial charge in [0.05, 0.1) is 0 Å². The largest absolute Gasteiger partial charge is 0.457 e. The van der Waals surface area contributed by atoms with Crippen molar-refractivity contribution >= 4 is 17.7 Å². The molecule has 0 unspecified atom stereocenters. The van der Waals surface area contributed by atoms with E-state index in [1.165, 1.54) is 0 Å². The Labute approximate surface area is 158 Å². The Balaban J connectivity index is 1.40. The predicted molar refractivity (Wildman–Crippen MR) is 98.4 cm³/mol. The van der Waals surface area contributed by atoms with E-state index in [0.717, 1.165) is 12.8 Å². The molecule has 0 aromatic carbocycles. The smallest absolute Gasteiger partial charge is 0.410 e. The van der Waals surface area contributed by atoms with E-state index in [9.17, 15) is 9.59 Å². The van der Waals surface area contributed by atoms with Crippen molar-refractivity contribution in [3.8, 4) is 0 Å². The van der Waals surface area contributed by atoms with Crippen LogP contribution >= 0.6 is 0 Å². The van der Waals surface area contributed by atoms with Crippen LogP contribution in [0.4, 0.5) is 4.79 Å². The number of nitrogens with zero attached hydrogens (tertiary/aromatic N) is 3. The molecule has 0 N–H and O–H groups in total.